The molecule has 0 saturated carbocycles. The maximum Gasteiger partial charge on any atom is 0.324 e. The van der Waals surface area contributed by atoms with Gasteiger partial charge in [0, 0.05) is 19.7 Å². The van der Waals surface area contributed by atoms with Crippen LogP contribution < -0.4 is 5.32 Å². The molecule has 0 spiro atoms. The third kappa shape index (κ3) is 6.20. The van der Waals surface area contributed by atoms with E-state index >= 15 is 0 Å². The van der Waals surface area contributed by atoms with E-state index in [0.29, 0.717) is 19.3 Å². The molecule has 0 aliphatic carbocycles. The van der Waals surface area contributed by atoms with Crippen LogP contribution in [0.4, 0.5) is 0 Å². The second-order valence-electron chi connectivity index (χ2n) is 5.26. The van der Waals surface area contributed by atoms with Crippen LogP contribution >= 0.6 is 0 Å². The summed E-state index contributed by atoms with van der Waals surface area (Å²) in [5, 5.41) is 3.22. The highest BCUT2D eigenvalue weighted by Gasteiger charge is 2.26. The zero-order valence-electron chi connectivity index (χ0n) is 13.2. The molecule has 0 amide bonds. The van der Waals surface area contributed by atoms with Crippen LogP contribution in [0.5, 0.6) is 0 Å². The fourth-order valence-corrected chi connectivity index (χ4v) is 2.57. The van der Waals surface area contributed by atoms with Crippen LogP contribution in [-0.2, 0) is 14.3 Å². The summed E-state index contributed by atoms with van der Waals surface area (Å²) in [6.45, 7) is 10.7. The maximum absolute atomic E-state index is 11.9. The lowest BCUT2D eigenvalue weighted by Crippen LogP contribution is -2.50. The van der Waals surface area contributed by atoms with E-state index in [9.17, 15) is 4.79 Å². The molecular weight excluding hydrogens is 256 g/mol. The van der Waals surface area contributed by atoms with Crippen molar-refractivity contribution in [3.63, 3.8) is 0 Å². The number of carbonyl (C=O) groups excluding carboxylic acids is 1. The van der Waals surface area contributed by atoms with Gasteiger partial charge in [-0.05, 0) is 39.3 Å². The van der Waals surface area contributed by atoms with Crippen molar-refractivity contribution in [3.05, 3.63) is 0 Å². The molecule has 0 bridgehead atoms. The first-order valence-electron chi connectivity index (χ1n) is 7.95. The Hall–Kier alpha value is -0.650. The Morgan fingerprint density at radius 1 is 1.40 bits per heavy atom. The van der Waals surface area contributed by atoms with Gasteiger partial charge in [-0.3, -0.25) is 9.69 Å². The summed E-state index contributed by atoms with van der Waals surface area (Å²) in [6, 6.07) is -0.232. The molecule has 1 aliphatic heterocycles. The number of esters is 1. The maximum atomic E-state index is 11.9. The number of nitrogens with zero attached hydrogens (tertiary/aromatic N) is 1. The summed E-state index contributed by atoms with van der Waals surface area (Å²) in [4.78, 5) is 14.2. The van der Waals surface area contributed by atoms with Crippen LogP contribution in [0.1, 0.15) is 40.0 Å². The molecule has 1 saturated heterocycles. The largest absolute Gasteiger partial charge is 0.465 e. The van der Waals surface area contributed by atoms with E-state index < -0.39 is 0 Å². The smallest absolute Gasteiger partial charge is 0.324 e. The topological polar surface area (TPSA) is 50.8 Å². The van der Waals surface area contributed by atoms with Crippen LogP contribution in [0.3, 0.4) is 0 Å². The van der Waals surface area contributed by atoms with Crippen LogP contribution in [0, 0.1) is 0 Å². The lowest BCUT2D eigenvalue weighted by molar-refractivity contribution is -0.146. The highest BCUT2D eigenvalue weighted by molar-refractivity contribution is 5.76. The second-order valence-corrected chi connectivity index (χ2v) is 5.26. The number of hydrogen-bond acceptors (Lipinski definition) is 5. The summed E-state index contributed by atoms with van der Waals surface area (Å²) in [6.07, 6.45) is 3.63. The number of rotatable bonds is 9. The van der Waals surface area contributed by atoms with Crippen molar-refractivity contribution in [1.82, 2.24) is 10.2 Å². The Bertz CT molecular complexity index is 274. The molecule has 2 unspecified atom stereocenters. The first kappa shape index (κ1) is 17.4. The van der Waals surface area contributed by atoms with Gasteiger partial charge in [0.2, 0.25) is 0 Å². The van der Waals surface area contributed by atoms with Crippen molar-refractivity contribution in [1.29, 1.82) is 0 Å². The minimum Gasteiger partial charge on any atom is -0.465 e. The molecule has 0 radical (unpaired) electrons. The van der Waals surface area contributed by atoms with Gasteiger partial charge >= 0.3 is 5.97 Å². The molecule has 2 atom stereocenters. The van der Waals surface area contributed by atoms with E-state index in [4.69, 9.17) is 9.47 Å². The Labute approximate surface area is 123 Å². The van der Waals surface area contributed by atoms with E-state index in [1.54, 1.807) is 0 Å². The Morgan fingerprint density at radius 2 is 2.20 bits per heavy atom. The lowest BCUT2D eigenvalue weighted by Gasteiger charge is -2.34. The van der Waals surface area contributed by atoms with E-state index in [0.717, 1.165) is 45.5 Å². The standard InChI is InChI=1S/C15H30N2O3/c1-4-10-20-13-8-7-9-17(11-13)12-14(16-5-2)15(18)19-6-3/h13-14,16H,4-12H2,1-3H3. The molecule has 1 rings (SSSR count). The van der Waals surface area contributed by atoms with Gasteiger partial charge in [0.25, 0.3) is 0 Å². The molecule has 1 fully saturated rings. The number of carbonyl (C=O) groups is 1. The summed E-state index contributed by atoms with van der Waals surface area (Å²) < 4.78 is 11.0. The summed E-state index contributed by atoms with van der Waals surface area (Å²) in [5.74, 6) is -0.147. The van der Waals surface area contributed by atoms with Crippen molar-refractivity contribution in [2.75, 3.05) is 39.4 Å². The summed E-state index contributed by atoms with van der Waals surface area (Å²) >= 11 is 0. The van der Waals surface area contributed by atoms with Crippen LogP contribution in [-0.4, -0.2) is 62.4 Å². The van der Waals surface area contributed by atoms with Crippen molar-refractivity contribution >= 4 is 5.97 Å². The van der Waals surface area contributed by atoms with Gasteiger partial charge in [-0.25, -0.2) is 0 Å². The Balaban J connectivity index is 2.43. The van der Waals surface area contributed by atoms with Gasteiger partial charge < -0.3 is 14.8 Å². The summed E-state index contributed by atoms with van der Waals surface area (Å²) in [5.41, 5.74) is 0. The Kier molecular flexibility index (Phi) is 8.82. The van der Waals surface area contributed by atoms with Crippen LogP contribution in [0.2, 0.25) is 0 Å². The van der Waals surface area contributed by atoms with Crippen LogP contribution in [0.25, 0.3) is 0 Å². The first-order valence-corrected chi connectivity index (χ1v) is 7.95. The van der Waals surface area contributed by atoms with E-state index in [2.05, 4.69) is 17.1 Å². The van der Waals surface area contributed by atoms with E-state index in [1.165, 1.54) is 0 Å². The van der Waals surface area contributed by atoms with Crippen molar-refractivity contribution < 1.29 is 14.3 Å². The fourth-order valence-electron chi connectivity index (χ4n) is 2.57. The molecule has 1 heterocycles. The predicted octanol–water partition coefficient (Wildman–Crippen LogP) is 1.42. The third-order valence-electron chi connectivity index (χ3n) is 3.48. The zero-order chi connectivity index (χ0) is 14.8. The first-order chi connectivity index (χ1) is 9.71. The Morgan fingerprint density at radius 3 is 2.85 bits per heavy atom. The van der Waals surface area contributed by atoms with Crippen LogP contribution in [0.15, 0.2) is 0 Å². The minimum absolute atomic E-state index is 0.147. The summed E-state index contributed by atoms with van der Waals surface area (Å²) in [7, 11) is 0. The fraction of sp³-hybridized carbons (Fsp3) is 0.933. The van der Waals surface area contributed by atoms with Gasteiger partial charge in [-0.15, -0.1) is 0 Å². The molecule has 1 aliphatic rings. The highest BCUT2D eigenvalue weighted by atomic mass is 16.5. The number of likely N-dealkylation sites (N-methyl/N-ethyl adjacent to an activating group) is 1. The van der Waals surface area contributed by atoms with Crippen molar-refractivity contribution in [3.8, 4) is 0 Å². The average molecular weight is 286 g/mol. The van der Waals surface area contributed by atoms with Gasteiger partial charge in [0.05, 0.1) is 12.7 Å². The number of likely N-dealkylation sites (tertiary alicyclic amines) is 1. The third-order valence-corrected chi connectivity index (χ3v) is 3.48. The quantitative estimate of drug-likeness (QED) is 0.650. The SMILES string of the molecule is CCCOC1CCCN(CC(NCC)C(=O)OCC)C1. The number of ether oxygens (including phenoxy) is 2. The van der Waals surface area contributed by atoms with E-state index in [-0.39, 0.29) is 12.0 Å². The normalized spacial score (nSPS) is 21.6. The molecule has 20 heavy (non-hydrogen) atoms. The minimum atomic E-state index is -0.232. The second kappa shape index (κ2) is 10.1. The number of hydrogen-bond donors (Lipinski definition) is 1. The van der Waals surface area contributed by atoms with Crippen molar-refractivity contribution in [2.45, 2.75) is 52.2 Å². The molecule has 5 heteroatoms. The molecule has 5 nitrogen and oxygen atoms in total. The lowest BCUT2D eigenvalue weighted by atomic mass is 10.1. The van der Waals surface area contributed by atoms with Gasteiger partial charge in [-0.2, -0.15) is 0 Å². The molecule has 0 aromatic carbocycles. The average Bonchev–Trinajstić information content (AvgIpc) is 2.45. The number of nitrogens with one attached hydrogen (secondary N) is 1. The molecule has 0 aromatic heterocycles. The van der Waals surface area contributed by atoms with Gasteiger partial charge in [-0.1, -0.05) is 13.8 Å². The molecule has 0 aromatic rings. The molecule has 1 N–H and O–H groups in total. The zero-order valence-corrected chi connectivity index (χ0v) is 13.2. The van der Waals surface area contributed by atoms with E-state index in [1.807, 2.05) is 13.8 Å². The molecular formula is C15H30N2O3. The predicted molar refractivity (Wildman–Crippen MR) is 79.8 cm³/mol. The van der Waals surface area contributed by atoms with Gasteiger partial charge in [0.15, 0.2) is 0 Å². The number of piperidine rings is 1. The highest BCUT2D eigenvalue weighted by Crippen LogP contribution is 2.14. The monoisotopic (exact) mass is 286 g/mol. The van der Waals surface area contributed by atoms with Gasteiger partial charge in [0.1, 0.15) is 6.04 Å². The molecule has 118 valence electrons. The van der Waals surface area contributed by atoms with Crippen molar-refractivity contribution in [2.24, 2.45) is 0 Å².